The molecule has 0 bridgehead atoms. The Balaban J connectivity index is 1.89. The molecular formula is C30H24N2. The van der Waals surface area contributed by atoms with E-state index in [9.17, 15) is 0 Å². The maximum atomic E-state index is 5.82. The van der Waals surface area contributed by atoms with Crippen LogP contribution in [-0.2, 0) is 0 Å². The molecule has 2 nitrogen and oxygen atoms in total. The van der Waals surface area contributed by atoms with E-state index in [2.05, 4.69) is 67.4 Å². The summed E-state index contributed by atoms with van der Waals surface area (Å²) < 4.78 is 0. The molecule has 0 aliphatic carbocycles. The molecule has 32 heavy (non-hydrogen) atoms. The van der Waals surface area contributed by atoms with Crippen LogP contribution >= 0.6 is 0 Å². The molecule has 0 fully saturated rings. The number of allylic oxidation sites excluding steroid dienone is 4. The maximum Gasteiger partial charge on any atom is 0.168 e. The van der Waals surface area contributed by atoms with Crippen LogP contribution in [0, 0.1) is 19.3 Å². The van der Waals surface area contributed by atoms with Crippen LogP contribution in [0.4, 0.5) is 0 Å². The van der Waals surface area contributed by atoms with Crippen LogP contribution in [0.1, 0.15) is 18.3 Å². The number of benzene rings is 3. The van der Waals surface area contributed by atoms with Crippen LogP contribution in [-0.4, -0.2) is 9.97 Å². The van der Waals surface area contributed by atoms with Crippen molar-refractivity contribution in [1.29, 1.82) is 0 Å². The fraction of sp³-hybridized carbons (Fsp3) is 0.0667. The zero-order valence-corrected chi connectivity index (χ0v) is 18.3. The van der Waals surface area contributed by atoms with Crippen molar-refractivity contribution in [3.8, 4) is 46.0 Å². The lowest BCUT2D eigenvalue weighted by molar-refractivity contribution is 1.13. The zero-order valence-electron chi connectivity index (χ0n) is 18.3. The van der Waals surface area contributed by atoms with Crippen molar-refractivity contribution in [2.75, 3.05) is 0 Å². The number of rotatable bonds is 5. The largest absolute Gasteiger partial charge is 0.227 e. The van der Waals surface area contributed by atoms with Gasteiger partial charge in [-0.2, -0.15) is 0 Å². The summed E-state index contributed by atoms with van der Waals surface area (Å²) in [5.74, 6) is 3.29. The van der Waals surface area contributed by atoms with Crippen molar-refractivity contribution in [2.24, 2.45) is 0 Å². The minimum Gasteiger partial charge on any atom is -0.227 e. The molecule has 0 atom stereocenters. The quantitative estimate of drug-likeness (QED) is 0.252. The number of hydrogen-bond acceptors (Lipinski definition) is 2. The third-order valence-electron chi connectivity index (χ3n) is 5.16. The Morgan fingerprint density at radius 2 is 1.38 bits per heavy atom. The summed E-state index contributed by atoms with van der Waals surface area (Å²) in [6.07, 6.45) is 11.5. The van der Waals surface area contributed by atoms with E-state index < -0.39 is 0 Å². The Hall–Kier alpha value is -4.22. The molecule has 3 aromatic carbocycles. The van der Waals surface area contributed by atoms with Crippen LogP contribution in [0.2, 0.25) is 0 Å². The van der Waals surface area contributed by atoms with Crippen LogP contribution in [0.25, 0.3) is 39.2 Å². The maximum absolute atomic E-state index is 5.82. The highest BCUT2D eigenvalue weighted by molar-refractivity contribution is 5.80. The monoisotopic (exact) mass is 412 g/mol. The first-order valence-corrected chi connectivity index (χ1v) is 10.6. The van der Waals surface area contributed by atoms with Gasteiger partial charge < -0.3 is 0 Å². The van der Waals surface area contributed by atoms with E-state index in [0.717, 1.165) is 28.1 Å². The highest BCUT2D eigenvalue weighted by Crippen LogP contribution is 2.29. The fourth-order valence-corrected chi connectivity index (χ4v) is 3.54. The van der Waals surface area contributed by atoms with Crippen molar-refractivity contribution in [2.45, 2.75) is 13.8 Å². The summed E-state index contributed by atoms with van der Waals surface area (Å²) in [6.45, 7) is 4.03. The van der Waals surface area contributed by atoms with E-state index >= 15 is 0 Å². The van der Waals surface area contributed by atoms with E-state index in [1.807, 2.05) is 55.5 Å². The molecule has 0 spiro atoms. The van der Waals surface area contributed by atoms with Crippen LogP contribution in [0.15, 0.2) is 103 Å². The van der Waals surface area contributed by atoms with Gasteiger partial charge in [-0.1, -0.05) is 90.4 Å². The predicted octanol–water partition coefficient (Wildman–Crippen LogP) is 7.38. The van der Waals surface area contributed by atoms with Gasteiger partial charge in [0, 0.05) is 11.1 Å². The van der Waals surface area contributed by atoms with E-state index in [1.54, 1.807) is 0 Å². The van der Waals surface area contributed by atoms with Crippen molar-refractivity contribution in [3.63, 3.8) is 0 Å². The van der Waals surface area contributed by atoms with Gasteiger partial charge in [0.1, 0.15) is 0 Å². The molecule has 4 aromatic rings. The molecule has 2 heteroatoms. The van der Waals surface area contributed by atoms with Gasteiger partial charge in [0.15, 0.2) is 5.82 Å². The first-order valence-electron chi connectivity index (χ1n) is 10.6. The summed E-state index contributed by atoms with van der Waals surface area (Å²) in [7, 11) is 0. The summed E-state index contributed by atoms with van der Waals surface area (Å²) in [5.41, 5.74) is 7.88. The number of aryl methyl sites for hydroxylation is 1. The molecule has 0 radical (unpaired) electrons. The normalized spacial score (nSPS) is 11.5. The molecule has 1 heterocycles. The standard InChI is InChI=1S/C30H24N2/c1-4-6-13-23(5-2)30-31-28(26-17-10-12-22(3)19-26)21-29(32-30)27-18-11-16-25(20-27)24-14-8-7-9-15-24/h2,4,6-21H,1,3H3/b6-4-,23-13+. The van der Waals surface area contributed by atoms with Gasteiger partial charge in [-0.3, -0.25) is 0 Å². The molecule has 0 saturated heterocycles. The second-order valence-electron chi connectivity index (χ2n) is 7.53. The average Bonchev–Trinajstić information content (AvgIpc) is 2.85. The van der Waals surface area contributed by atoms with Crippen LogP contribution in [0.3, 0.4) is 0 Å². The summed E-state index contributed by atoms with van der Waals surface area (Å²) >= 11 is 0. The van der Waals surface area contributed by atoms with Crippen LogP contribution < -0.4 is 0 Å². The van der Waals surface area contributed by atoms with Gasteiger partial charge >= 0.3 is 0 Å². The average molecular weight is 413 g/mol. The topological polar surface area (TPSA) is 25.8 Å². The molecule has 0 N–H and O–H groups in total. The molecule has 0 amide bonds. The Bertz CT molecular complexity index is 1340. The Morgan fingerprint density at radius 1 is 0.750 bits per heavy atom. The van der Waals surface area contributed by atoms with Gasteiger partial charge in [-0.25, -0.2) is 9.97 Å². The van der Waals surface area contributed by atoms with E-state index in [-0.39, 0.29) is 0 Å². The molecular weight excluding hydrogens is 388 g/mol. The van der Waals surface area contributed by atoms with Gasteiger partial charge in [-0.15, -0.1) is 6.42 Å². The lowest BCUT2D eigenvalue weighted by Gasteiger charge is -2.10. The first-order chi connectivity index (χ1) is 15.7. The second kappa shape index (κ2) is 9.73. The molecule has 0 aliphatic rings. The van der Waals surface area contributed by atoms with E-state index in [4.69, 9.17) is 16.4 Å². The first kappa shape index (κ1) is 21.0. The minimum absolute atomic E-state index is 0.546. The second-order valence-corrected chi connectivity index (χ2v) is 7.53. The zero-order chi connectivity index (χ0) is 22.3. The summed E-state index contributed by atoms with van der Waals surface area (Å²) in [6, 6.07) is 29.1. The molecule has 0 unspecified atom stereocenters. The van der Waals surface area contributed by atoms with Gasteiger partial charge in [0.05, 0.1) is 17.0 Å². The predicted molar refractivity (Wildman–Crippen MR) is 135 cm³/mol. The SMILES string of the molecule is C#C/C(=C\C=C/C)c1nc(-c2cccc(C)c2)cc(-c2cccc(-c3ccccc3)c2)n1. The third-order valence-corrected chi connectivity index (χ3v) is 5.16. The lowest BCUT2D eigenvalue weighted by Crippen LogP contribution is -1.99. The third kappa shape index (κ3) is 4.74. The number of aromatic nitrogens is 2. The van der Waals surface area contributed by atoms with Gasteiger partial charge in [-0.05, 0) is 49.2 Å². The van der Waals surface area contributed by atoms with Gasteiger partial charge in [0.2, 0.25) is 0 Å². The molecule has 0 aliphatic heterocycles. The van der Waals surface area contributed by atoms with E-state index in [0.29, 0.717) is 11.4 Å². The number of terminal acetylenes is 1. The van der Waals surface area contributed by atoms with Crippen molar-refractivity contribution < 1.29 is 0 Å². The Kier molecular flexibility index (Phi) is 6.39. The number of nitrogens with zero attached hydrogens (tertiary/aromatic N) is 2. The lowest BCUT2D eigenvalue weighted by atomic mass is 10.0. The van der Waals surface area contributed by atoms with E-state index in [1.165, 1.54) is 11.1 Å². The smallest absolute Gasteiger partial charge is 0.168 e. The highest BCUT2D eigenvalue weighted by Gasteiger charge is 2.12. The molecule has 4 rings (SSSR count). The molecule has 1 aromatic heterocycles. The van der Waals surface area contributed by atoms with Crippen molar-refractivity contribution in [3.05, 3.63) is 115 Å². The minimum atomic E-state index is 0.546. The van der Waals surface area contributed by atoms with Gasteiger partial charge in [0.25, 0.3) is 0 Å². The summed E-state index contributed by atoms with van der Waals surface area (Å²) in [4.78, 5) is 9.67. The molecule has 154 valence electrons. The molecule has 0 saturated carbocycles. The number of hydrogen-bond donors (Lipinski definition) is 0. The Labute approximate surface area is 190 Å². The van der Waals surface area contributed by atoms with Crippen molar-refractivity contribution in [1.82, 2.24) is 9.97 Å². The van der Waals surface area contributed by atoms with Crippen LogP contribution in [0.5, 0.6) is 0 Å². The summed E-state index contributed by atoms with van der Waals surface area (Å²) in [5, 5.41) is 0. The Morgan fingerprint density at radius 3 is 2.03 bits per heavy atom. The van der Waals surface area contributed by atoms with Crippen molar-refractivity contribution >= 4 is 5.57 Å². The highest BCUT2D eigenvalue weighted by atomic mass is 14.9. The fourth-order valence-electron chi connectivity index (χ4n) is 3.54.